The first kappa shape index (κ1) is 23.5. The van der Waals surface area contributed by atoms with Crippen LogP contribution in [0.5, 0.6) is 0 Å². The van der Waals surface area contributed by atoms with Crippen molar-refractivity contribution in [2.75, 3.05) is 0 Å². The molecule has 4 heterocycles. The highest BCUT2D eigenvalue weighted by Gasteiger charge is 2.48. The number of benzene rings is 2. The van der Waals surface area contributed by atoms with Gasteiger partial charge in [-0.15, -0.1) is 0 Å². The third-order valence-electron chi connectivity index (χ3n) is 7.94. The number of hydrogen-bond acceptors (Lipinski definition) is 3. The van der Waals surface area contributed by atoms with Crippen LogP contribution in [0, 0.1) is 0 Å². The second-order valence-corrected chi connectivity index (χ2v) is 12.2. The van der Waals surface area contributed by atoms with Crippen molar-refractivity contribution in [2.24, 2.45) is 0 Å². The summed E-state index contributed by atoms with van der Waals surface area (Å²) in [6, 6.07) is 28.0. The molecule has 6 rings (SSSR count). The SMILES string of the molecule is C=C1c2ccc(P(=O)(c3ccccn3)c3ccccn3)cc2-c2c3ccccc3cc[n+]2C1(CC)CC. The van der Waals surface area contributed by atoms with Crippen molar-refractivity contribution in [1.82, 2.24) is 9.97 Å². The lowest BCUT2D eigenvalue weighted by atomic mass is 9.75. The fourth-order valence-electron chi connectivity index (χ4n) is 5.91. The molecule has 4 nitrogen and oxygen atoms in total. The molecular weight excluding hydrogens is 473 g/mol. The average Bonchev–Trinajstić information content (AvgIpc) is 2.97. The van der Waals surface area contributed by atoms with E-state index in [0.717, 1.165) is 40.5 Å². The van der Waals surface area contributed by atoms with Gasteiger partial charge in [0.05, 0.1) is 10.9 Å². The maximum Gasteiger partial charge on any atom is 0.221 e. The second-order valence-electron chi connectivity index (χ2n) is 9.55. The molecule has 0 amide bonds. The summed E-state index contributed by atoms with van der Waals surface area (Å²) < 4.78 is 17.4. The van der Waals surface area contributed by atoms with Crippen molar-refractivity contribution in [1.29, 1.82) is 0 Å². The van der Waals surface area contributed by atoms with Crippen LogP contribution in [-0.2, 0) is 10.1 Å². The summed E-state index contributed by atoms with van der Waals surface area (Å²) in [5.74, 6) is 0. The number of pyridine rings is 3. The third-order valence-corrected chi connectivity index (χ3v) is 10.8. The van der Waals surface area contributed by atoms with Gasteiger partial charge < -0.3 is 4.57 Å². The second kappa shape index (κ2) is 8.90. The summed E-state index contributed by atoms with van der Waals surface area (Å²) in [7, 11) is -3.32. The van der Waals surface area contributed by atoms with Crippen molar-refractivity contribution in [3.05, 3.63) is 116 Å². The van der Waals surface area contributed by atoms with Crippen molar-refractivity contribution in [3.8, 4) is 11.3 Å². The Kier molecular flexibility index (Phi) is 5.66. The molecule has 1 aliphatic rings. The molecule has 0 aliphatic carbocycles. The Balaban J connectivity index is 1.70. The van der Waals surface area contributed by atoms with Gasteiger partial charge in [-0.25, -0.2) is 0 Å². The van der Waals surface area contributed by atoms with Gasteiger partial charge in [0.15, 0.2) is 11.7 Å². The zero-order chi connectivity index (χ0) is 25.6. The van der Waals surface area contributed by atoms with Gasteiger partial charge in [0.25, 0.3) is 0 Å². The molecule has 0 spiro atoms. The van der Waals surface area contributed by atoms with E-state index in [2.05, 4.69) is 83.6 Å². The normalized spacial score (nSPS) is 14.3. The summed E-state index contributed by atoms with van der Waals surface area (Å²) in [5, 5.41) is 3.07. The van der Waals surface area contributed by atoms with Gasteiger partial charge in [0.2, 0.25) is 12.8 Å². The molecule has 5 heteroatoms. The van der Waals surface area contributed by atoms with Crippen LogP contribution in [0.4, 0.5) is 0 Å². The van der Waals surface area contributed by atoms with Crippen LogP contribution in [0.2, 0.25) is 0 Å². The van der Waals surface area contributed by atoms with Crippen LogP contribution in [0.1, 0.15) is 32.3 Å². The molecule has 3 aromatic heterocycles. The molecule has 0 saturated carbocycles. The first-order valence-corrected chi connectivity index (χ1v) is 14.5. The molecule has 1 aliphatic heterocycles. The highest BCUT2D eigenvalue weighted by molar-refractivity contribution is 7.84. The van der Waals surface area contributed by atoms with Gasteiger partial charge in [0, 0.05) is 42.2 Å². The van der Waals surface area contributed by atoms with Crippen LogP contribution in [0.3, 0.4) is 0 Å². The highest BCUT2D eigenvalue weighted by Crippen LogP contribution is 2.47. The minimum absolute atomic E-state index is 0.223. The minimum Gasteiger partial charge on any atom is -0.305 e. The summed E-state index contributed by atoms with van der Waals surface area (Å²) >= 11 is 0. The van der Waals surface area contributed by atoms with E-state index in [4.69, 9.17) is 0 Å². The van der Waals surface area contributed by atoms with Gasteiger partial charge in [-0.3, -0.25) is 9.97 Å². The molecule has 0 atom stereocenters. The van der Waals surface area contributed by atoms with Gasteiger partial charge in [-0.05, 0) is 47.3 Å². The Labute approximate surface area is 217 Å². The van der Waals surface area contributed by atoms with Crippen molar-refractivity contribution in [2.45, 2.75) is 32.2 Å². The Morgan fingerprint density at radius 1 is 0.811 bits per heavy atom. The quantitative estimate of drug-likeness (QED) is 0.227. The maximum atomic E-state index is 15.0. The molecule has 182 valence electrons. The van der Waals surface area contributed by atoms with Crippen molar-refractivity contribution in [3.63, 3.8) is 0 Å². The Morgan fingerprint density at radius 2 is 1.46 bits per heavy atom. The lowest BCUT2D eigenvalue weighted by Crippen LogP contribution is -2.59. The molecule has 5 aromatic rings. The first-order chi connectivity index (χ1) is 18.0. The Morgan fingerprint density at radius 3 is 2.08 bits per heavy atom. The zero-order valence-electron chi connectivity index (χ0n) is 21.1. The molecule has 37 heavy (non-hydrogen) atoms. The molecule has 0 bridgehead atoms. The lowest BCUT2D eigenvalue weighted by Gasteiger charge is -2.35. The zero-order valence-corrected chi connectivity index (χ0v) is 22.0. The van der Waals surface area contributed by atoms with E-state index in [-0.39, 0.29) is 5.54 Å². The number of allylic oxidation sites excluding steroid dienone is 1. The predicted octanol–water partition coefficient (Wildman–Crippen LogP) is 5.77. The van der Waals surface area contributed by atoms with Gasteiger partial charge in [0.1, 0.15) is 10.9 Å². The van der Waals surface area contributed by atoms with E-state index >= 15 is 4.57 Å². The lowest BCUT2D eigenvalue weighted by molar-refractivity contribution is -0.740. The summed E-state index contributed by atoms with van der Waals surface area (Å²) in [5.41, 5.74) is 5.23. The topological polar surface area (TPSA) is 46.7 Å². The van der Waals surface area contributed by atoms with E-state index in [9.17, 15) is 0 Å². The minimum atomic E-state index is -3.32. The van der Waals surface area contributed by atoms with E-state index < -0.39 is 7.14 Å². The van der Waals surface area contributed by atoms with Crippen molar-refractivity contribution < 1.29 is 9.13 Å². The van der Waals surface area contributed by atoms with Gasteiger partial charge in [-0.1, -0.05) is 62.9 Å². The Bertz CT molecular complexity index is 1650. The fourth-order valence-corrected chi connectivity index (χ4v) is 8.32. The van der Waals surface area contributed by atoms with E-state index in [1.165, 1.54) is 10.8 Å². The number of hydrogen-bond donors (Lipinski definition) is 0. The van der Waals surface area contributed by atoms with Crippen LogP contribution in [-0.4, -0.2) is 9.97 Å². The summed E-state index contributed by atoms with van der Waals surface area (Å²) in [6.45, 7) is 9.09. The fraction of sp³-hybridized carbons (Fsp3) is 0.156. The van der Waals surface area contributed by atoms with Crippen LogP contribution >= 0.6 is 7.14 Å². The Hall–Kier alpha value is -3.88. The van der Waals surface area contributed by atoms with E-state index in [1.807, 2.05) is 42.5 Å². The van der Waals surface area contributed by atoms with E-state index in [1.54, 1.807) is 12.4 Å². The predicted molar refractivity (Wildman–Crippen MR) is 152 cm³/mol. The molecule has 0 radical (unpaired) electrons. The standard InChI is InChI=1S/C32H29N3OP/c1-4-32(5-2)23(3)26-17-16-25(22-28(26)31-27-13-7-6-12-24(27)18-21-35(31)32)37(36,29-14-8-10-19-33-29)30-15-9-11-20-34-30/h6-22H,3-5H2,1-2H3/q+1. The maximum absolute atomic E-state index is 15.0. The van der Waals surface area contributed by atoms with Crippen LogP contribution < -0.4 is 20.7 Å². The number of fused-ring (bicyclic) bond motifs is 5. The molecule has 0 fully saturated rings. The largest absolute Gasteiger partial charge is 0.305 e. The van der Waals surface area contributed by atoms with Crippen LogP contribution in [0.15, 0.2) is 110 Å². The number of aromatic nitrogens is 3. The van der Waals surface area contributed by atoms with Crippen molar-refractivity contribution >= 4 is 39.7 Å². The third kappa shape index (κ3) is 3.36. The van der Waals surface area contributed by atoms with Crippen LogP contribution in [0.25, 0.3) is 27.6 Å². The van der Waals surface area contributed by atoms with Gasteiger partial charge in [-0.2, -0.15) is 4.57 Å². The molecular formula is C32H29N3OP+. The number of rotatable bonds is 5. The molecule has 2 aromatic carbocycles. The van der Waals surface area contributed by atoms with E-state index in [0.29, 0.717) is 10.9 Å². The summed E-state index contributed by atoms with van der Waals surface area (Å²) in [6.07, 6.45) is 7.45. The van der Waals surface area contributed by atoms with Gasteiger partial charge >= 0.3 is 0 Å². The molecule has 0 N–H and O–H groups in total. The first-order valence-electron chi connectivity index (χ1n) is 12.8. The molecule has 0 saturated heterocycles. The number of nitrogens with zero attached hydrogens (tertiary/aromatic N) is 3. The average molecular weight is 503 g/mol. The summed E-state index contributed by atoms with van der Waals surface area (Å²) in [4.78, 5) is 9.10. The smallest absolute Gasteiger partial charge is 0.221 e. The monoisotopic (exact) mass is 502 g/mol. The highest BCUT2D eigenvalue weighted by atomic mass is 31.2. The molecule has 0 unspecified atom stereocenters.